The molecule has 5 nitrogen and oxygen atoms in total. The van der Waals surface area contributed by atoms with Crippen LogP contribution in [0.25, 0.3) is 0 Å². The lowest BCUT2D eigenvalue weighted by Gasteiger charge is -2.44. The Morgan fingerprint density at radius 3 is 2.08 bits per heavy atom. The van der Waals surface area contributed by atoms with Gasteiger partial charge in [0.15, 0.2) is 5.60 Å². The molecule has 0 spiro atoms. The van der Waals surface area contributed by atoms with Crippen LogP contribution >= 0.6 is 0 Å². The zero-order chi connectivity index (χ0) is 27.2. The van der Waals surface area contributed by atoms with Crippen LogP contribution in [0, 0.1) is 5.41 Å². The number of carbonyl (C=O) groups is 2. The van der Waals surface area contributed by atoms with Crippen molar-refractivity contribution in [2.45, 2.75) is 81.9 Å². The third kappa shape index (κ3) is 5.04. The van der Waals surface area contributed by atoms with E-state index < -0.39 is 41.6 Å². The van der Waals surface area contributed by atoms with Crippen molar-refractivity contribution in [3.8, 4) is 0 Å². The van der Waals surface area contributed by atoms with E-state index in [1.807, 2.05) is 0 Å². The van der Waals surface area contributed by atoms with Crippen LogP contribution in [0.3, 0.4) is 0 Å². The molecule has 2 fully saturated rings. The average Bonchev–Trinajstić information content (AvgIpc) is 3.69. The van der Waals surface area contributed by atoms with Gasteiger partial charge in [-0.25, -0.2) is 8.78 Å². The Balaban J connectivity index is 1.54. The molecule has 1 N–H and O–H groups in total. The first-order valence-corrected chi connectivity index (χ1v) is 12.3. The van der Waals surface area contributed by atoms with Crippen molar-refractivity contribution in [3.05, 3.63) is 58.9 Å². The molecule has 1 aromatic carbocycles. The van der Waals surface area contributed by atoms with E-state index in [1.165, 1.54) is 31.4 Å². The summed E-state index contributed by atoms with van der Waals surface area (Å²) in [6, 6.07) is 4.45. The van der Waals surface area contributed by atoms with Crippen LogP contribution in [-0.4, -0.2) is 53.4 Å². The number of nitrogens with zero attached hydrogens (tertiary/aromatic N) is 1. The number of methoxy groups -OCH3 is 1. The molecule has 0 radical (unpaired) electrons. The highest BCUT2D eigenvalue weighted by molar-refractivity contribution is 5.95. The van der Waals surface area contributed by atoms with Crippen LogP contribution in [0.1, 0.15) is 67.8 Å². The summed E-state index contributed by atoms with van der Waals surface area (Å²) in [6.45, 7) is 0.657. The molecule has 2 saturated carbocycles. The van der Waals surface area contributed by atoms with Gasteiger partial charge in [-0.1, -0.05) is 18.2 Å². The van der Waals surface area contributed by atoms with Crippen molar-refractivity contribution in [1.29, 1.82) is 0 Å². The third-order valence-electron chi connectivity index (χ3n) is 7.91. The summed E-state index contributed by atoms with van der Waals surface area (Å²) >= 11 is 0. The largest absolute Gasteiger partial charge is 0.468 e. The van der Waals surface area contributed by atoms with Gasteiger partial charge in [0.25, 0.3) is 5.91 Å². The second-order valence-electron chi connectivity index (χ2n) is 10.3. The molecule has 202 valence electrons. The van der Waals surface area contributed by atoms with E-state index in [4.69, 9.17) is 4.74 Å². The maximum Gasteiger partial charge on any atom is 0.421 e. The Labute approximate surface area is 212 Å². The summed E-state index contributed by atoms with van der Waals surface area (Å²) in [5, 5.41) is 9.90. The molecule has 1 aromatic rings. The van der Waals surface area contributed by atoms with Crippen LogP contribution in [-0.2, 0) is 15.1 Å². The fourth-order valence-corrected chi connectivity index (χ4v) is 5.51. The first kappa shape index (κ1) is 27.3. The van der Waals surface area contributed by atoms with Crippen molar-refractivity contribution in [2.24, 2.45) is 5.41 Å². The highest BCUT2D eigenvalue weighted by atomic mass is 19.4. The number of halogens is 5. The zero-order valence-corrected chi connectivity index (χ0v) is 20.7. The van der Waals surface area contributed by atoms with Gasteiger partial charge in [-0.15, -0.1) is 0 Å². The molecule has 3 aliphatic rings. The minimum absolute atomic E-state index is 0.0269. The summed E-state index contributed by atoms with van der Waals surface area (Å²) in [6.07, 6.45) is -1.69. The van der Waals surface area contributed by atoms with E-state index in [0.717, 1.165) is 25.0 Å². The number of ether oxygens (including phenoxy) is 1. The normalized spacial score (nSPS) is 28.0. The second kappa shape index (κ2) is 9.85. The first-order valence-electron chi connectivity index (χ1n) is 12.3. The molecule has 0 heterocycles. The zero-order valence-electron chi connectivity index (χ0n) is 20.7. The number of amides is 1. The minimum Gasteiger partial charge on any atom is -0.468 e. The molecule has 0 aliphatic heterocycles. The molecule has 1 unspecified atom stereocenters. The predicted molar refractivity (Wildman–Crippen MR) is 125 cm³/mol. The van der Waals surface area contributed by atoms with Gasteiger partial charge in [-0.05, 0) is 74.8 Å². The molecule has 10 heteroatoms. The van der Waals surface area contributed by atoms with Gasteiger partial charge in [0.2, 0.25) is 0 Å². The van der Waals surface area contributed by atoms with Crippen molar-refractivity contribution in [3.63, 3.8) is 0 Å². The number of alkyl halides is 4. The number of allylic oxidation sites excluding steroid dienone is 3. The molecule has 37 heavy (non-hydrogen) atoms. The lowest BCUT2D eigenvalue weighted by Crippen LogP contribution is -2.49. The van der Waals surface area contributed by atoms with E-state index >= 15 is 0 Å². The van der Waals surface area contributed by atoms with Gasteiger partial charge in [-0.2, -0.15) is 13.2 Å². The minimum atomic E-state index is -4.87. The summed E-state index contributed by atoms with van der Waals surface area (Å²) < 4.78 is 73.0. The molecule has 3 aliphatic carbocycles. The van der Waals surface area contributed by atoms with Gasteiger partial charge in [0.05, 0.1) is 12.5 Å². The topological polar surface area (TPSA) is 66.8 Å². The van der Waals surface area contributed by atoms with E-state index in [1.54, 1.807) is 4.90 Å². The molecule has 1 amide bonds. The molecular formula is C27H30F5NO4. The van der Waals surface area contributed by atoms with E-state index in [-0.39, 0.29) is 47.5 Å². The Morgan fingerprint density at radius 1 is 1.03 bits per heavy atom. The Hall–Kier alpha value is -2.75. The molecule has 4 rings (SSSR count). The van der Waals surface area contributed by atoms with Crippen molar-refractivity contribution in [1.82, 2.24) is 4.90 Å². The number of rotatable bonds is 6. The van der Waals surface area contributed by atoms with Crippen LogP contribution in [0.4, 0.5) is 22.0 Å². The quantitative estimate of drug-likeness (QED) is 0.382. The van der Waals surface area contributed by atoms with Crippen molar-refractivity contribution < 1.29 is 41.4 Å². The number of aliphatic hydroxyl groups is 1. The van der Waals surface area contributed by atoms with Crippen molar-refractivity contribution in [2.75, 3.05) is 7.11 Å². The molecule has 0 bridgehead atoms. The number of hydrogen-bond acceptors (Lipinski definition) is 4. The second-order valence-corrected chi connectivity index (χ2v) is 10.3. The Bertz CT molecular complexity index is 1100. The van der Waals surface area contributed by atoms with E-state index in [2.05, 4.69) is 0 Å². The van der Waals surface area contributed by atoms with Gasteiger partial charge in [0, 0.05) is 24.1 Å². The van der Waals surface area contributed by atoms with Gasteiger partial charge in [0.1, 0.15) is 12.0 Å². The first-order chi connectivity index (χ1) is 17.3. The van der Waals surface area contributed by atoms with Crippen LogP contribution in [0.5, 0.6) is 0 Å². The maximum absolute atomic E-state index is 14.8. The van der Waals surface area contributed by atoms with Crippen molar-refractivity contribution >= 4 is 11.9 Å². The Kier molecular flexibility index (Phi) is 7.27. The highest BCUT2D eigenvalue weighted by Crippen LogP contribution is 2.49. The number of hydrogen-bond donors (Lipinski definition) is 1. The van der Waals surface area contributed by atoms with Crippen LogP contribution in [0.15, 0.2) is 47.8 Å². The SMILES string of the molecule is COC(=O)C1(C2=CC=C(F)CC2F)CCC(N(C(=O)c2ccc([C@](C)(O)C(F)(F)F)cc2)C2CC2)CC1. The molecule has 2 atom stereocenters. The van der Waals surface area contributed by atoms with Crippen LogP contribution in [0.2, 0.25) is 0 Å². The number of esters is 1. The third-order valence-corrected chi connectivity index (χ3v) is 7.91. The van der Waals surface area contributed by atoms with E-state index in [9.17, 15) is 36.6 Å². The summed E-state index contributed by atoms with van der Waals surface area (Å²) in [5.74, 6) is -1.54. The smallest absolute Gasteiger partial charge is 0.421 e. The summed E-state index contributed by atoms with van der Waals surface area (Å²) in [5.41, 5.74) is -4.29. The fraction of sp³-hybridized carbons (Fsp3) is 0.556. The summed E-state index contributed by atoms with van der Waals surface area (Å²) in [4.78, 5) is 28.0. The standard InChI is InChI=1S/C27H30F5NO4/c1-25(36,27(30,31)32)17-5-3-16(4-6-17)23(34)33(19-8-9-19)20-11-13-26(14-12-20,24(35)37-2)21-10-7-18(28)15-22(21)29/h3-7,10,19-20,22,36H,8-9,11-15H2,1-2H3/t20?,22?,25-,26?/m0/s1. The molecular weight excluding hydrogens is 497 g/mol. The predicted octanol–water partition coefficient (Wildman–Crippen LogP) is 5.68. The van der Waals surface area contributed by atoms with Gasteiger partial charge < -0.3 is 14.7 Å². The monoisotopic (exact) mass is 527 g/mol. The maximum atomic E-state index is 14.8. The van der Waals surface area contributed by atoms with Gasteiger partial charge >= 0.3 is 12.1 Å². The lowest BCUT2D eigenvalue weighted by molar-refractivity contribution is -0.258. The lowest BCUT2D eigenvalue weighted by atomic mass is 9.65. The summed E-state index contributed by atoms with van der Waals surface area (Å²) in [7, 11) is 1.23. The number of benzene rings is 1. The average molecular weight is 528 g/mol. The van der Waals surface area contributed by atoms with Gasteiger partial charge in [-0.3, -0.25) is 9.59 Å². The number of carbonyl (C=O) groups excluding carboxylic acids is 2. The Morgan fingerprint density at radius 2 is 1.59 bits per heavy atom. The van der Waals surface area contributed by atoms with Crippen LogP contribution < -0.4 is 0 Å². The molecule has 0 saturated heterocycles. The molecule has 0 aromatic heterocycles. The van der Waals surface area contributed by atoms with E-state index in [0.29, 0.717) is 19.8 Å². The fourth-order valence-electron chi connectivity index (χ4n) is 5.51. The highest BCUT2D eigenvalue weighted by Gasteiger charge is 2.52.